The van der Waals surface area contributed by atoms with Gasteiger partial charge in [-0.3, -0.25) is 0 Å². The number of rotatable bonds is 0. The quantitative estimate of drug-likeness (QED) is 0.406. The Morgan fingerprint density at radius 2 is 0.667 bits per heavy atom. The van der Waals surface area contributed by atoms with E-state index in [0.717, 1.165) is 0 Å². The maximum Gasteiger partial charge on any atom is 2.00 e. The fourth-order valence-corrected chi connectivity index (χ4v) is 0. The number of aliphatic hydroxyl groups excluding tert-OH is 3. The molecule has 0 saturated carbocycles. The molecule has 0 rings (SSSR count). The predicted molar refractivity (Wildman–Crippen MR) is 38.3 cm³/mol. The minimum absolute atomic E-state index is 0. The third-order valence-corrected chi connectivity index (χ3v) is 0. The van der Waals surface area contributed by atoms with Gasteiger partial charge >= 0.3 is 18.6 Å². The molecular weight excluding hydrogens is 242 g/mol. The van der Waals surface area contributed by atoms with Crippen LogP contribution in [0.4, 0.5) is 0 Å². The van der Waals surface area contributed by atoms with Crippen molar-refractivity contribution in [2.75, 3.05) is 19.8 Å². The molecule has 79 valence electrons. The maximum atomic E-state index is 7.57. The van der Waals surface area contributed by atoms with Crippen LogP contribution in [-0.2, 0) is 18.6 Å². The third-order valence-electron chi connectivity index (χ3n) is 0. The molecular formula is C6H18Cl2O3V. The first-order chi connectivity index (χ1) is 4.24. The summed E-state index contributed by atoms with van der Waals surface area (Å²) in [6, 6.07) is 0. The molecule has 12 heavy (non-hydrogen) atoms. The Morgan fingerprint density at radius 1 is 0.667 bits per heavy atom. The molecule has 3 N–H and O–H groups in total. The summed E-state index contributed by atoms with van der Waals surface area (Å²) in [5.41, 5.74) is 0. The second kappa shape index (κ2) is 89.8. The van der Waals surface area contributed by atoms with Gasteiger partial charge in [-0.2, -0.15) is 0 Å². The predicted octanol–water partition coefficient (Wildman–Crippen LogP) is -6.00. The smallest absolute Gasteiger partial charge is 1.00 e. The summed E-state index contributed by atoms with van der Waals surface area (Å²) in [6.07, 6.45) is 0. The first-order valence-electron chi connectivity index (χ1n) is 3.07. The Hall–Kier alpha value is 1.04. The molecule has 1 radical (unpaired) electrons. The van der Waals surface area contributed by atoms with Gasteiger partial charge in [0.05, 0.1) is 0 Å². The van der Waals surface area contributed by atoms with Crippen molar-refractivity contribution in [3.8, 4) is 0 Å². The molecule has 0 aliphatic rings. The van der Waals surface area contributed by atoms with Crippen molar-refractivity contribution >= 4 is 0 Å². The second-order valence-electron chi connectivity index (χ2n) is 0.949. The SMILES string of the molecule is CCO.CCO.CCO.[Cl-].[Cl-].[V+2]. The van der Waals surface area contributed by atoms with Crippen molar-refractivity contribution in [2.45, 2.75) is 20.8 Å². The van der Waals surface area contributed by atoms with Crippen molar-refractivity contribution in [2.24, 2.45) is 0 Å². The average molecular weight is 260 g/mol. The Balaban J connectivity index is -0.00000001000. The summed E-state index contributed by atoms with van der Waals surface area (Å²) in [5.74, 6) is 0. The molecule has 0 aromatic carbocycles. The number of hydrogen-bond acceptors (Lipinski definition) is 3. The molecule has 0 amide bonds. The standard InChI is InChI=1S/3C2H6O.2ClH.V/c3*1-2-3;;;/h3*3H,2H2,1H3;2*1H;/q;;;;;+2/p-2. The van der Waals surface area contributed by atoms with Gasteiger partial charge in [-0.15, -0.1) is 0 Å². The Labute approximate surface area is 99.3 Å². The van der Waals surface area contributed by atoms with E-state index < -0.39 is 0 Å². The van der Waals surface area contributed by atoms with E-state index in [4.69, 9.17) is 15.3 Å². The fraction of sp³-hybridized carbons (Fsp3) is 1.00. The average Bonchev–Trinajstić information content (AvgIpc) is 1.70. The molecule has 0 aliphatic carbocycles. The molecule has 0 bridgehead atoms. The number of halogens is 2. The van der Waals surface area contributed by atoms with Crippen LogP contribution in [0, 0.1) is 0 Å². The van der Waals surface area contributed by atoms with Crippen molar-refractivity contribution in [1.82, 2.24) is 0 Å². The van der Waals surface area contributed by atoms with Crippen LogP contribution in [0.1, 0.15) is 20.8 Å². The minimum Gasteiger partial charge on any atom is -1.00 e. The van der Waals surface area contributed by atoms with Crippen molar-refractivity contribution in [3.05, 3.63) is 0 Å². The van der Waals surface area contributed by atoms with Gasteiger partial charge in [-0.1, -0.05) is 0 Å². The van der Waals surface area contributed by atoms with Crippen LogP contribution in [0.3, 0.4) is 0 Å². The topological polar surface area (TPSA) is 60.7 Å². The summed E-state index contributed by atoms with van der Waals surface area (Å²) >= 11 is 0. The molecule has 0 fully saturated rings. The molecule has 0 atom stereocenters. The van der Waals surface area contributed by atoms with Gasteiger partial charge in [0.15, 0.2) is 0 Å². The van der Waals surface area contributed by atoms with Crippen LogP contribution < -0.4 is 24.8 Å². The molecule has 6 heteroatoms. The Bertz CT molecular complexity index is 25.5. The van der Waals surface area contributed by atoms with Crippen LogP contribution in [0.15, 0.2) is 0 Å². The molecule has 0 heterocycles. The molecule has 0 aromatic rings. The maximum absolute atomic E-state index is 7.57. The number of aliphatic hydroxyl groups is 3. The van der Waals surface area contributed by atoms with Gasteiger partial charge in [0.25, 0.3) is 0 Å². The zero-order chi connectivity index (χ0) is 8.12. The molecule has 3 nitrogen and oxygen atoms in total. The van der Waals surface area contributed by atoms with Gasteiger partial charge in [-0.25, -0.2) is 0 Å². The Kier molecular flexibility index (Phi) is 285. The number of hydrogen-bond donors (Lipinski definition) is 3. The van der Waals surface area contributed by atoms with E-state index in [2.05, 4.69) is 0 Å². The molecule has 0 saturated heterocycles. The van der Waals surface area contributed by atoms with Crippen LogP contribution in [0.25, 0.3) is 0 Å². The van der Waals surface area contributed by atoms with Crippen LogP contribution >= 0.6 is 0 Å². The van der Waals surface area contributed by atoms with Gasteiger partial charge in [0.1, 0.15) is 0 Å². The fourth-order valence-electron chi connectivity index (χ4n) is 0. The summed E-state index contributed by atoms with van der Waals surface area (Å²) in [6.45, 7) is 5.79. The van der Waals surface area contributed by atoms with Gasteiger partial charge in [0, 0.05) is 19.8 Å². The first-order valence-corrected chi connectivity index (χ1v) is 3.07. The van der Waals surface area contributed by atoms with E-state index in [1.54, 1.807) is 20.8 Å². The van der Waals surface area contributed by atoms with Gasteiger partial charge in [0.2, 0.25) is 0 Å². The largest absolute Gasteiger partial charge is 2.00 e. The minimum atomic E-state index is 0. The van der Waals surface area contributed by atoms with E-state index in [9.17, 15) is 0 Å². The molecule has 0 aliphatic heterocycles. The Morgan fingerprint density at radius 3 is 0.667 bits per heavy atom. The van der Waals surface area contributed by atoms with E-state index >= 15 is 0 Å². The van der Waals surface area contributed by atoms with Crippen molar-refractivity contribution < 1.29 is 58.7 Å². The molecule has 0 spiro atoms. The zero-order valence-electron chi connectivity index (χ0n) is 7.67. The van der Waals surface area contributed by atoms with Crippen molar-refractivity contribution in [1.29, 1.82) is 0 Å². The van der Waals surface area contributed by atoms with Crippen LogP contribution in [0.5, 0.6) is 0 Å². The van der Waals surface area contributed by atoms with Crippen molar-refractivity contribution in [3.63, 3.8) is 0 Å². The normalized spacial score (nSPS) is 4.50. The summed E-state index contributed by atoms with van der Waals surface area (Å²) < 4.78 is 0. The summed E-state index contributed by atoms with van der Waals surface area (Å²) in [5, 5.41) is 22.7. The monoisotopic (exact) mass is 259 g/mol. The van der Waals surface area contributed by atoms with Gasteiger partial charge < -0.3 is 40.1 Å². The summed E-state index contributed by atoms with van der Waals surface area (Å²) in [7, 11) is 0. The van der Waals surface area contributed by atoms with E-state index in [-0.39, 0.29) is 63.2 Å². The summed E-state index contributed by atoms with van der Waals surface area (Å²) in [4.78, 5) is 0. The molecule has 0 aromatic heterocycles. The van der Waals surface area contributed by atoms with E-state index in [1.807, 2.05) is 0 Å². The third kappa shape index (κ3) is 1020. The van der Waals surface area contributed by atoms with E-state index in [0.29, 0.717) is 0 Å². The second-order valence-corrected chi connectivity index (χ2v) is 0.949. The first kappa shape index (κ1) is 38.1. The van der Waals surface area contributed by atoms with E-state index in [1.165, 1.54) is 0 Å². The molecule has 0 unspecified atom stereocenters. The van der Waals surface area contributed by atoms with Crippen LogP contribution in [0.2, 0.25) is 0 Å². The van der Waals surface area contributed by atoms with Gasteiger partial charge in [-0.05, 0) is 20.8 Å². The zero-order valence-corrected chi connectivity index (χ0v) is 10.6. The van der Waals surface area contributed by atoms with Crippen LogP contribution in [-0.4, -0.2) is 35.1 Å².